The zero-order valence-electron chi connectivity index (χ0n) is 13.1. The first kappa shape index (κ1) is 14.2. The number of hydrogen-bond donors (Lipinski definition) is 2. The number of rotatable bonds is 1. The quantitative estimate of drug-likeness (QED) is 0.347. The average molecular weight is 343 g/mol. The Balaban J connectivity index is 1.85. The second-order valence-electron chi connectivity index (χ2n) is 5.94. The van der Waals surface area contributed by atoms with Crippen molar-refractivity contribution in [3.05, 3.63) is 70.9 Å². The van der Waals surface area contributed by atoms with Crippen LogP contribution >= 0.6 is 11.3 Å². The highest BCUT2D eigenvalue weighted by Crippen LogP contribution is 2.36. The van der Waals surface area contributed by atoms with Crippen LogP contribution in [-0.4, -0.2) is 9.97 Å². The van der Waals surface area contributed by atoms with E-state index in [4.69, 9.17) is 5.73 Å². The van der Waals surface area contributed by atoms with Gasteiger partial charge >= 0.3 is 0 Å². The number of benzene rings is 3. The molecule has 0 spiro atoms. The summed E-state index contributed by atoms with van der Waals surface area (Å²) < 4.78 is 1.10. The zero-order valence-corrected chi connectivity index (χ0v) is 13.9. The minimum Gasteiger partial charge on any atom is -0.397 e. The highest BCUT2D eigenvalue weighted by molar-refractivity contribution is 7.21. The molecule has 0 bridgehead atoms. The lowest BCUT2D eigenvalue weighted by Gasteiger charge is -2.08. The molecule has 0 aliphatic carbocycles. The molecule has 2 heterocycles. The van der Waals surface area contributed by atoms with Gasteiger partial charge in [-0.25, -0.2) is 4.98 Å². The van der Waals surface area contributed by atoms with Crippen LogP contribution < -0.4 is 11.2 Å². The number of nitrogen functional groups attached to an aromatic ring is 1. The van der Waals surface area contributed by atoms with Crippen molar-refractivity contribution in [1.82, 2.24) is 9.97 Å². The van der Waals surface area contributed by atoms with E-state index in [-0.39, 0.29) is 5.43 Å². The lowest BCUT2D eigenvalue weighted by Crippen LogP contribution is -2.07. The van der Waals surface area contributed by atoms with Gasteiger partial charge in [-0.1, -0.05) is 24.3 Å². The third-order valence-corrected chi connectivity index (χ3v) is 5.51. The number of pyridine rings is 1. The van der Waals surface area contributed by atoms with Crippen LogP contribution in [-0.2, 0) is 0 Å². The number of aromatic nitrogens is 2. The van der Waals surface area contributed by atoms with Crippen molar-refractivity contribution >= 4 is 49.0 Å². The van der Waals surface area contributed by atoms with E-state index in [0.29, 0.717) is 16.5 Å². The summed E-state index contributed by atoms with van der Waals surface area (Å²) in [6, 6.07) is 19.3. The Morgan fingerprint density at radius 2 is 1.72 bits per heavy atom. The fourth-order valence-electron chi connectivity index (χ4n) is 3.21. The predicted octanol–water partition coefficient (Wildman–Crippen LogP) is 4.54. The normalized spacial score (nSPS) is 11.5. The molecule has 3 N–H and O–H groups in total. The van der Waals surface area contributed by atoms with Crippen molar-refractivity contribution in [2.24, 2.45) is 0 Å². The number of fused-ring (bicyclic) bond motifs is 3. The number of nitrogens with one attached hydrogen (secondary N) is 1. The molecule has 5 aromatic rings. The maximum Gasteiger partial charge on any atom is 0.199 e. The number of para-hydroxylation sites is 2. The predicted molar refractivity (Wildman–Crippen MR) is 105 cm³/mol. The van der Waals surface area contributed by atoms with Crippen LogP contribution in [0.4, 0.5) is 5.69 Å². The standard InChI is InChI=1S/C20H13N3OS/c21-18-12(20-23-14-7-3-4-8-16(14)25-20)9-10-15-17(18)19(24)11-5-1-2-6-13(11)22-15/h1-10H,21H2,(H,22,24). The minimum absolute atomic E-state index is 0.0511. The average Bonchev–Trinajstić information content (AvgIpc) is 3.06. The Labute approximate surface area is 146 Å². The number of aromatic amines is 1. The van der Waals surface area contributed by atoms with Gasteiger partial charge in [0.2, 0.25) is 0 Å². The fourth-order valence-corrected chi connectivity index (χ4v) is 4.22. The van der Waals surface area contributed by atoms with E-state index < -0.39 is 0 Å². The molecule has 25 heavy (non-hydrogen) atoms. The molecule has 2 aromatic heterocycles. The monoisotopic (exact) mass is 343 g/mol. The number of H-pyrrole nitrogens is 1. The van der Waals surface area contributed by atoms with E-state index in [2.05, 4.69) is 9.97 Å². The molecule has 0 atom stereocenters. The Morgan fingerprint density at radius 1 is 0.920 bits per heavy atom. The number of thiazole rings is 1. The van der Waals surface area contributed by atoms with Gasteiger partial charge in [-0.15, -0.1) is 11.3 Å². The SMILES string of the molecule is Nc1c(-c2nc3ccccc3s2)ccc2[nH]c3ccccc3c(=O)c12. The van der Waals surface area contributed by atoms with E-state index in [9.17, 15) is 4.79 Å². The minimum atomic E-state index is -0.0511. The number of anilines is 1. The lowest BCUT2D eigenvalue weighted by molar-refractivity contribution is 1.46. The lowest BCUT2D eigenvalue weighted by atomic mass is 10.0. The van der Waals surface area contributed by atoms with Gasteiger partial charge in [0.15, 0.2) is 5.43 Å². The molecule has 5 heteroatoms. The maximum absolute atomic E-state index is 12.9. The van der Waals surface area contributed by atoms with Crippen LogP contribution in [0, 0.1) is 0 Å². The van der Waals surface area contributed by atoms with E-state index in [1.807, 2.05) is 60.7 Å². The molecule has 0 saturated heterocycles. The van der Waals surface area contributed by atoms with Crippen molar-refractivity contribution in [3.63, 3.8) is 0 Å². The van der Waals surface area contributed by atoms with Crippen LogP contribution in [0.25, 0.3) is 42.6 Å². The third-order valence-electron chi connectivity index (χ3n) is 4.44. The van der Waals surface area contributed by atoms with Gasteiger partial charge in [0.05, 0.1) is 26.8 Å². The Hall–Kier alpha value is -3.18. The molecule has 3 aromatic carbocycles. The van der Waals surface area contributed by atoms with Crippen LogP contribution in [0.5, 0.6) is 0 Å². The number of nitrogens with two attached hydrogens (primary N) is 1. The van der Waals surface area contributed by atoms with Gasteiger partial charge in [-0.2, -0.15) is 0 Å². The summed E-state index contributed by atoms with van der Waals surface area (Å²) in [6.45, 7) is 0. The summed E-state index contributed by atoms with van der Waals surface area (Å²) >= 11 is 1.58. The molecular weight excluding hydrogens is 330 g/mol. The van der Waals surface area contributed by atoms with E-state index in [0.717, 1.165) is 31.8 Å². The molecule has 0 aliphatic rings. The molecule has 0 unspecified atom stereocenters. The van der Waals surface area contributed by atoms with Gasteiger partial charge in [-0.3, -0.25) is 4.79 Å². The molecule has 0 saturated carbocycles. The Bertz CT molecular complexity index is 1300. The molecule has 5 rings (SSSR count). The van der Waals surface area contributed by atoms with Gasteiger partial charge < -0.3 is 10.7 Å². The molecule has 120 valence electrons. The molecule has 0 fully saturated rings. The molecule has 0 amide bonds. The number of hydrogen-bond acceptors (Lipinski definition) is 4. The molecule has 4 nitrogen and oxygen atoms in total. The highest BCUT2D eigenvalue weighted by Gasteiger charge is 2.15. The highest BCUT2D eigenvalue weighted by atomic mass is 32.1. The van der Waals surface area contributed by atoms with Gasteiger partial charge in [-0.05, 0) is 36.4 Å². The smallest absolute Gasteiger partial charge is 0.199 e. The van der Waals surface area contributed by atoms with Crippen LogP contribution in [0.15, 0.2) is 65.5 Å². The van der Waals surface area contributed by atoms with Crippen molar-refractivity contribution < 1.29 is 0 Å². The van der Waals surface area contributed by atoms with E-state index in [1.54, 1.807) is 11.3 Å². The van der Waals surface area contributed by atoms with Crippen LogP contribution in [0.2, 0.25) is 0 Å². The maximum atomic E-state index is 12.9. The molecule has 0 aliphatic heterocycles. The summed E-state index contributed by atoms with van der Waals surface area (Å²) in [5, 5.41) is 1.99. The zero-order chi connectivity index (χ0) is 17.0. The Morgan fingerprint density at radius 3 is 2.60 bits per heavy atom. The van der Waals surface area contributed by atoms with Gasteiger partial charge in [0.25, 0.3) is 0 Å². The summed E-state index contributed by atoms with van der Waals surface area (Å²) in [5.41, 5.74) is 10.1. The third kappa shape index (κ3) is 2.06. The van der Waals surface area contributed by atoms with E-state index >= 15 is 0 Å². The summed E-state index contributed by atoms with van der Waals surface area (Å²) in [6.07, 6.45) is 0. The second-order valence-corrected chi connectivity index (χ2v) is 6.97. The molecule has 0 radical (unpaired) electrons. The van der Waals surface area contributed by atoms with Gasteiger partial charge in [0, 0.05) is 16.5 Å². The second kappa shape index (κ2) is 5.16. The van der Waals surface area contributed by atoms with Crippen molar-refractivity contribution in [3.8, 4) is 10.6 Å². The topological polar surface area (TPSA) is 71.8 Å². The number of nitrogens with zero attached hydrogens (tertiary/aromatic N) is 1. The molecular formula is C20H13N3OS. The van der Waals surface area contributed by atoms with Crippen molar-refractivity contribution in [1.29, 1.82) is 0 Å². The fraction of sp³-hybridized carbons (Fsp3) is 0. The van der Waals surface area contributed by atoms with Crippen molar-refractivity contribution in [2.45, 2.75) is 0 Å². The van der Waals surface area contributed by atoms with Crippen molar-refractivity contribution in [2.75, 3.05) is 5.73 Å². The van der Waals surface area contributed by atoms with Crippen LogP contribution in [0.3, 0.4) is 0 Å². The first-order valence-corrected chi connectivity index (χ1v) is 8.73. The first-order chi connectivity index (χ1) is 12.2. The largest absolute Gasteiger partial charge is 0.397 e. The van der Waals surface area contributed by atoms with Crippen LogP contribution in [0.1, 0.15) is 0 Å². The summed E-state index contributed by atoms with van der Waals surface area (Å²) in [4.78, 5) is 20.9. The van der Waals surface area contributed by atoms with Gasteiger partial charge in [0.1, 0.15) is 5.01 Å². The first-order valence-electron chi connectivity index (χ1n) is 7.91. The van der Waals surface area contributed by atoms with E-state index in [1.165, 1.54) is 0 Å². The Kier molecular flexibility index (Phi) is 2.93. The summed E-state index contributed by atoms with van der Waals surface area (Å²) in [7, 11) is 0. The summed E-state index contributed by atoms with van der Waals surface area (Å²) in [5.74, 6) is 0.